The van der Waals surface area contributed by atoms with Crippen molar-refractivity contribution in [2.24, 2.45) is 0 Å². The Morgan fingerprint density at radius 1 is 1.04 bits per heavy atom. The standard InChI is InChI=1S/C21H22O6S/c1-4-26-16-7-9-17(10-8-16)28-14-21(23)27-18-11-5-15(13-19(18)24-2)6-12-20(22)25-3/h5-13H,4,14H2,1-3H3/b12-6+. The van der Waals surface area contributed by atoms with Crippen LogP contribution in [0.3, 0.4) is 0 Å². The lowest BCUT2D eigenvalue weighted by molar-refractivity contribution is -0.135. The maximum atomic E-state index is 12.2. The van der Waals surface area contributed by atoms with Crippen LogP contribution in [0.5, 0.6) is 17.2 Å². The lowest BCUT2D eigenvalue weighted by Crippen LogP contribution is -2.11. The fraction of sp³-hybridized carbons (Fsp3) is 0.238. The lowest BCUT2D eigenvalue weighted by atomic mass is 10.2. The predicted octanol–water partition coefficient (Wildman–Crippen LogP) is 3.98. The molecule has 6 nitrogen and oxygen atoms in total. The van der Waals surface area contributed by atoms with E-state index in [0.29, 0.717) is 23.7 Å². The molecule has 0 atom stereocenters. The molecule has 2 aromatic rings. The molecule has 0 unspecified atom stereocenters. The summed E-state index contributed by atoms with van der Waals surface area (Å²) in [5.74, 6) is 0.805. The van der Waals surface area contributed by atoms with E-state index in [2.05, 4.69) is 4.74 Å². The van der Waals surface area contributed by atoms with Crippen molar-refractivity contribution in [1.29, 1.82) is 0 Å². The Balaban J connectivity index is 1.95. The molecule has 0 spiro atoms. The third-order valence-electron chi connectivity index (χ3n) is 3.52. The molecule has 0 radical (unpaired) electrons. The summed E-state index contributed by atoms with van der Waals surface area (Å²) in [6, 6.07) is 12.5. The minimum atomic E-state index is -0.458. The zero-order valence-electron chi connectivity index (χ0n) is 16.0. The fourth-order valence-corrected chi connectivity index (χ4v) is 2.87. The Morgan fingerprint density at radius 3 is 2.43 bits per heavy atom. The Hall–Kier alpha value is -2.93. The van der Waals surface area contributed by atoms with Crippen molar-refractivity contribution < 1.29 is 28.5 Å². The molecule has 0 saturated carbocycles. The quantitative estimate of drug-likeness (QED) is 0.272. The molecule has 0 heterocycles. The Kier molecular flexibility index (Phi) is 8.42. The second-order valence-corrected chi connectivity index (χ2v) is 6.48. The largest absolute Gasteiger partial charge is 0.494 e. The highest BCUT2D eigenvalue weighted by molar-refractivity contribution is 8.00. The monoisotopic (exact) mass is 402 g/mol. The molecule has 0 bridgehead atoms. The van der Waals surface area contributed by atoms with Crippen molar-refractivity contribution in [3.63, 3.8) is 0 Å². The molecule has 0 aliphatic rings. The van der Waals surface area contributed by atoms with Gasteiger partial charge in [0, 0.05) is 11.0 Å². The SMILES string of the molecule is CCOc1ccc(SCC(=O)Oc2ccc(/C=C/C(=O)OC)cc2OC)cc1. The molecule has 28 heavy (non-hydrogen) atoms. The van der Waals surface area contributed by atoms with Crippen molar-refractivity contribution in [2.75, 3.05) is 26.6 Å². The van der Waals surface area contributed by atoms with Gasteiger partial charge in [-0.15, -0.1) is 11.8 Å². The average Bonchev–Trinajstić information content (AvgIpc) is 2.72. The van der Waals surface area contributed by atoms with Gasteiger partial charge in [-0.2, -0.15) is 0 Å². The smallest absolute Gasteiger partial charge is 0.330 e. The number of carbonyl (C=O) groups excluding carboxylic acids is 2. The molecule has 148 valence electrons. The number of carbonyl (C=O) groups is 2. The van der Waals surface area contributed by atoms with Gasteiger partial charge in [0.05, 0.1) is 26.6 Å². The van der Waals surface area contributed by atoms with Crippen LogP contribution in [-0.4, -0.2) is 38.5 Å². The molecule has 2 aromatic carbocycles. The Labute approximate surface area is 168 Å². The highest BCUT2D eigenvalue weighted by Crippen LogP contribution is 2.29. The van der Waals surface area contributed by atoms with Crippen LogP contribution in [0.15, 0.2) is 53.4 Å². The first kappa shape index (κ1) is 21.4. The second-order valence-electron chi connectivity index (χ2n) is 5.43. The van der Waals surface area contributed by atoms with Crippen molar-refractivity contribution in [2.45, 2.75) is 11.8 Å². The molecular formula is C21H22O6S. The third kappa shape index (κ3) is 6.66. The number of methoxy groups -OCH3 is 2. The molecule has 0 N–H and O–H groups in total. The summed E-state index contributed by atoms with van der Waals surface area (Å²) >= 11 is 1.37. The van der Waals surface area contributed by atoms with Gasteiger partial charge in [-0.05, 0) is 55.0 Å². The van der Waals surface area contributed by atoms with Crippen LogP contribution in [0.1, 0.15) is 12.5 Å². The molecule has 0 aliphatic carbocycles. The van der Waals surface area contributed by atoms with Gasteiger partial charge in [-0.25, -0.2) is 4.79 Å². The third-order valence-corrected chi connectivity index (χ3v) is 4.50. The molecule has 0 aliphatic heterocycles. The van der Waals surface area contributed by atoms with E-state index in [1.54, 1.807) is 24.3 Å². The first-order valence-corrected chi connectivity index (χ1v) is 9.54. The predicted molar refractivity (Wildman–Crippen MR) is 108 cm³/mol. The molecule has 0 fully saturated rings. The van der Waals surface area contributed by atoms with Crippen LogP contribution in [0, 0.1) is 0 Å². The summed E-state index contributed by atoms with van der Waals surface area (Å²) in [6.07, 6.45) is 2.88. The number of rotatable bonds is 9. The van der Waals surface area contributed by atoms with Crippen molar-refractivity contribution in [3.05, 3.63) is 54.1 Å². The molecule has 0 amide bonds. The topological polar surface area (TPSA) is 71.1 Å². The summed E-state index contributed by atoms with van der Waals surface area (Å²) in [5.41, 5.74) is 0.714. The van der Waals surface area contributed by atoms with E-state index in [4.69, 9.17) is 14.2 Å². The van der Waals surface area contributed by atoms with Gasteiger partial charge in [0.15, 0.2) is 11.5 Å². The first-order chi connectivity index (χ1) is 13.5. The highest BCUT2D eigenvalue weighted by atomic mass is 32.2. The summed E-state index contributed by atoms with van der Waals surface area (Å²) < 4.78 is 20.6. The molecule has 2 rings (SSSR count). The number of ether oxygens (including phenoxy) is 4. The van der Waals surface area contributed by atoms with Crippen LogP contribution >= 0.6 is 11.8 Å². The molecule has 0 aromatic heterocycles. The van der Waals surface area contributed by atoms with Crippen LogP contribution in [0.4, 0.5) is 0 Å². The van der Waals surface area contributed by atoms with Gasteiger partial charge in [-0.3, -0.25) is 4.79 Å². The lowest BCUT2D eigenvalue weighted by Gasteiger charge is -2.10. The number of hydrogen-bond donors (Lipinski definition) is 0. The van der Waals surface area contributed by atoms with E-state index >= 15 is 0 Å². The van der Waals surface area contributed by atoms with E-state index in [1.165, 1.54) is 32.1 Å². The van der Waals surface area contributed by atoms with E-state index in [1.807, 2.05) is 31.2 Å². The van der Waals surface area contributed by atoms with Gasteiger partial charge >= 0.3 is 11.9 Å². The molecule has 7 heteroatoms. The Morgan fingerprint density at radius 2 is 1.79 bits per heavy atom. The zero-order valence-corrected chi connectivity index (χ0v) is 16.8. The summed E-state index contributed by atoms with van der Waals surface area (Å²) in [5, 5.41) is 0. The van der Waals surface area contributed by atoms with Crippen LogP contribution in [0.25, 0.3) is 6.08 Å². The maximum absolute atomic E-state index is 12.2. The van der Waals surface area contributed by atoms with Crippen LogP contribution in [-0.2, 0) is 14.3 Å². The van der Waals surface area contributed by atoms with Crippen molar-refractivity contribution in [1.82, 2.24) is 0 Å². The first-order valence-electron chi connectivity index (χ1n) is 8.56. The number of benzene rings is 2. The van der Waals surface area contributed by atoms with Crippen LogP contribution < -0.4 is 14.2 Å². The van der Waals surface area contributed by atoms with Gasteiger partial charge in [0.25, 0.3) is 0 Å². The van der Waals surface area contributed by atoms with E-state index in [9.17, 15) is 9.59 Å². The van der Waals surface area contributed by atoms with E-state index in [-0.39, 0.29) is 5.75 Å². The maximum Gasteiger partial charge on any atom is 0.330 e. The van der Waals surface area contributed by atoms with Crippen molar-refractivity contribution in [3.8, 4) is 17.2 Å². The fourth-order valence-electron chi connectivity index (χ4n) is 2.20. The summed E-state index contributed by atoms with van der Waals surface area (Å²) in [7, 11) is 2.79. The summed E-state index contributed by atoms with van der Waals surface area (Å²) in [4.78, 5) is 24.3. The van der Waals surface area contributed by atoms with Crippen LogP contribution in [0.2, 0.25) is 0 Å². The van der Waals surface area contributed by atoms with E-state index < -0.39 is 11.9 Å². The number of esters is 2. The minimum Gasteiger partial charge on any atom is -0.494 e. The van der Waals surface area contributed by atoms with Gasteiger partial charge < -0.3 is 18.9 Å². The highest BCUT2D eigenvalue weighted by Gasteiger charge is 2.11. The molecular weight excluding hydrogens is 380 g/mol. The number of thioether (sulfide) groups is 1. The van der Waals surface area contributed by atoms with Crippen molar-refractivity contribution >= 4 is 29.8 Å². The van der Waals surface area contributed by atoms with Gasteiger partial charge in [0.1, 0.15) is 5.75 Å². The number of hydrogen-bond acceptors (Lipinski definition) is 7. The summed E-state index contributed by atoms with van der Waals surface area (Å²) in [6.45, 7) is 2.53. The minimum absolute atomic E-state index is 0.154. The van der Waals surface area contributed by atoms with Gasteiger partial charge in [0.2, 0.25) is 0 Å². The van der Waals surface area contributed by atoms with E-state index in [0.717, 1.165) is 10.6 Å². The molecule has 0 saturated heterocycles. The van der Waals surface area contributed by atoms with Gasteiger partial charge in [-0.1, -0.05) is 6.07 Å². The Bertz CT molecular complexity index is 829. The normalized spacial score (nSPS) is 10.5. The zero-order chi connectivity index (χ0) is 20.4. The average molecular weight is 402 g/mol. The second kappa shape index (κ2) is 11.0.